The molecule has 2 spiro atoms. The van der Waals surface area contributed by atoms with Crippen molar-refractivity contribution < 1.29 is 0 Å². The molecule has 8 saturated carbocycles. The summed E-state index contributed by atoms with van der Waals surface area (Å²) < 4.78 is 0. The van der Waals surface area contributed by atoms with Crippen molar-refractivity contribution in [3.8, 4) is 22.3 Å². The van der Waals surface area contributed by atoms with Gasteiger partial charge in [-0.1, -0.05) is 91.7 Å². The van der Waals surface area contributed by atoms with Crippen molar-refractivity contribution in [2.24, 2.45) is 47.3 Å². The number of para-hydroxylation sites is 1. The maximum Gasteiger partial charge on any atom is 0.0468 e. The molecular formula is C52H51N. The molecule has 10 aliphatic rings. The molecule has 53 heavy (non-hydrogen) atoms. The first-order valence-electron chi connectivity index (χ1n) is 21.5. The van der Waals surface area contributed by atoms with Gasteiger partial charge in [-0.2, -0.15) is 0 Å². The molecule has 0 amide bonds. The lowest BCUT2D eigenvalue weighted by molar-refractivity contribution is 0.0617. The summed E-state index contributed by atoms with van der Waals surface area (Å²) >= 11 is 0. The lowest BCUT2D eigenvalue weighted by Gasteiger charge is -2.53. The van der Waals surface area contributed by atoms with Crippen LogP contribution in [-0.4, -0.2) is 0 Å². The Morgan fingerprint density at radius 2 is 0.830 bits per heavy atom. The molecule has 15 rings (SSSR count). The van der Waals surface area contributed by atoms with Gasteiger partial charge in [0, 0.05) is 27.9 Å². The minimum absolute atomic E-state index is 0.150. The summed E-state index contributed by atoms with van der Waals surface area (Å²) in [5.41, 5.74) is 16.9. The van der Waals surface area contributed by atoms with E-state index in [-0.39, 0.29) is 10.8 Å². The Hall–Kier alpha value is -4.10. The Kier molecular flexibility index (Phi) is 6.15. The van der Waals surface area contributed by atoms with Gasteiger partial charge in [0.25, 0.3) is 0 Å². The molecule has 8 fully saturated rings. The quantitative estimate of drug-likeness (QED) is 0.182. The fourth-order valence-corrected chi connectivity index (χ4v) is 15.9. The molecule has 5 aromatic rings. The number of benzene rings is 5. The standard InChI is InChI=1S/C52H51N/c1-2-8-40(9-3-1)53(41-19-21-49-46(30-41)44-11-5-7-13-48(44)51(49)36-16-14-32-22-34(26-36)28-38(51)24-32)42-18-20-45-43-10-4-6-12-47(43)52(50(45)31-42)37-17-15-33-23-35(27-37)29-39(52)25-33/h1-13,18-21,30-39H,14-17,22-29H2. The number of hydrogen-bond donors (Lipinski definition) is 0. The second kappa shape index (κ2) is 10.8. The van der Waals surface area contributed by atoms with E-state index in [0.717, 1.165) is 47.3 Å². The van der Waals surface area contributed by atoms with Gasteiger partial charge in [0.1, 0.15) is 0 Å². The minimum Gasteiger partial charge on any atom is -0.310 e. The summed E-state index contributed by atoms with van der Waals surface area (Å²) in [6.45, 7) is 0. The van der Waals surface area contributed by atoms with Gasteiger partial charge in [-0.3, -0.25) is 0 Å². The Morgan fingerprint density at radius 3 is 1.51 bits per heavy atom. The lowest BCUT2D eigenvalue weighted by atomic mass is 9.51. The highest BCUT2D eigenvalue weighted by molar-refractivity contribution is 5.89. The fraction of sp³-hybridized carbons (Fsp3) is 0.423. The van der Waals surface area contributed by atoms with E-state index < -0.39 is 0 Å². The molecule has 8 bridgehead atoms. The van der Waals surface area contributed by atoms with Crippen molar-refractivity contribution >= 4 is 17.1 Å². The van der Waals surface area contributed by atoms with Crippen molar-refractivity contribution in [3.63, 3.8) is 0 Å². The van der Waals surface area contributed by atoms with Crippen LogP contribution in [0.25, 0.3) is 22.3 Å². The predicted octanol–water partition coefficient (Wildman–Crippen LogP) is 13.4. The van der Waals surface area contributed by atoms with Crippen molar-refractivity contribution in [1.29, 1.82) is 0 Å². The largest absolute Gasteiger partial charge is 0.310 e. The van der Waals surface area contributed by atoms with Gasteiger partial charge in [-0.15, -0.1) is 0 Å². The van der Waals surface area contributed by atoms with Crippen LogP contribution in [0.4, 0.5) is 17.1 Å². The van der Waals surface area contributed by atoms with Crippen molar-refractivity contribution in [2.45, 2.75) is 87.9 Å². The Labute approximate surface area is 315 Å². The van der Waals surface area contributed by atoms with Crippen LogP contribution in [0.15, 0.2) is 115 Å². The van der Waals surface area contributed by atoms with E-state index in [9.17, 15) is 0 Å². The molecule has 10 unspecified atom stereocenters. The highest BCUT2D eigenvalue weighted by Gasteiger charge is 2.61. The average molecular weight is 690 g/mol. The summed E-state index contributed by atoms with van der Waals surface area (Å²) in [5, 5.41) is 0. The molecule has 0 radical (unpaired) electrons. The number of rotatable bonds is 3. The van der Waals surface area contributed by atoms with Crippen LogP contribution in [0.2, 0.25) is 0 Å². The van der Waals surface area contributed by atoms with Crippen molar-refractivity contribution in [1.82, 2.24) is 0 Å². The molecule has 10 aliphatic carbocycles. The lowest BCUT2D eigenvalue weighted by Crippen LogP contribution is -2.48. The first-order chi connectivity index (χ1) is 26.2. The smallest absolute Gasteiger partial charge is 0.0468 e. The second-order valence-electron chi connectivity index (χ2n) is 19.3. The van der Waals surface area contributed by atoms with Gasteiger partial charge in [0.15, 0.2) is 0 Å². The molecule has 0 N–H and O–H groups in total. The van der Waals surface area contributed by atoms with Crippen LogP contribution in [0.5, 0.6) is 0 Å². The first-order valence-corrected chi connectivity index (χ1v) is 21.5. The normalized spacial score (nSPS) is 35.9. The zero-order valence-electron chi connectivity index (χ0n) is 31.0. The zero-order chi connectivity index (χ0) is 34.5. The van der Waals surface area contributed by atoms with E-state index in [1.165, 1.54) is 116 Å². The van der Waals surface area contributed by atoms with Crippen LogP contribution >= 0.6 is 0 Å². The van der Waals surface area contributed by atoms with Gasteiger partial charge < -0.3 is 4.90 Å². The first kappa shape index (κ1) is 30.3. The zero-order valence-corrected chi connectivity index (χ0v) is 31.0. The number of anilines is 3. The molecule has 0 aliphatic heterocycles. The average Bonchev–Trinajstić information content (AvgIpc) is 3.41. The molecule has 10 atom stereocenters. The molecule has 0 heterocycles. The minimum atomic E-state index is 0.150. The molecule has 0 saturated heterocycles. The third-order valence-corrected chi connectivity index (χ3v) is 17.2. The molecule has 1 nitrogen and oxygen atoms in total. The van der Waals surface area contributed by atoms with E-state index in [1.54, 1.807) is 22.3 Å². The van der Waals surface area contributed by atoms with Crippen LogP contribution < -0.4 is 4.90 Å². The van der Waals surface area contributed by atoms with Gasteiger partial charge in [-0.25, -0.2) is 0 Å². The molecule has 5 aromatic carbocycles. The Balaban J connectivity index is 1.00. The second-order valence-corrected chi connectivity index (χ2v) is 19.3. The summed E-state index contributed by atoms with van der Waals surface area (Å²) in [7, 11) is 0. The molecule has 1 heteroatoms. The number of fused-ring (bicyclic) bond motifs is 8. The van der Waals surface area contributed by atoms with Gasteiger partial charge in [0.05, 0.1) is 0 Å². The van der Waals surface area contributed by atoms with E-state index in [1.807, 2.05) is 0 Å². The summed E-state index contributed by atoms with van der Waals surface area (Å²) in [4.78, 5) is 2.61. The molecule has 264 valence electrons. The maximum atomic E-state index is 2.69. The fourth-order valence-electron chi connectivity index (χ4n) is 15.9. The van der Waals surface area contributed by atoms with Crippen LogP contribution in [0, 0.1) is 47.3 Å². The highest BCUT2D eigenvalue weighted by atomic mass is 15.1. The van der Waals surface area contributed by atoms with Gasteiger partial charge in [0.2, 0.25) is 0 Å². The monoisotopic (exact) mass is 689 g/mol. The van der Waals surface area contributed by atoms with E-state index in [0.29, 0.717) is 0 Å². The SMILES string of the molecule is c1ccc(N(c2ccc3c(c2)-c2ccccc2C32C3CCC4CC(C3)CC2C4)c2ccc3c(c2)C2(c4ccccc4-3)C3CCC4CC(C3)CC2C4)cc1. The molecular weight excluding hydrogens is 639 g/mol. The van der Waals surface area contributed by atoms with Gasteiger partial charge >= 0.3 is 0 Å². The maximum absolute atomic E-state index is 2.69. The van der Waals surface area contributed by atoms with E-state index >= 15 is 0 Å². The van der Waals surface area contributed by atoms with Crippen LogP contribution in [0.3, 0.4) is 0 Å². The van der Waals surface area contributed by atoms with Crippen molar-refractivity contribution in [3.05, 3.63) is 138 Å². The number of nitrogens with zero attached hydrogens (tertiary/aromatic N) is 1. The summed E-state index contributed by atoms with van der Waals surface area (Å²) in [6, 6.07) is 46.0. The van der Waals surface area contributed by atoms with E-state index in [4.69, 9.17) is 0 Å². The summed E-state index contributed by atoms with van der Waals surface area (Å²) in [6.07, 6.45) is 17.2. The summed E-state index contributed by atoms with van der Waals surface area (Å²) in [5.74, 6) is 6.83. The molecule has 0 aromatic heterocycles. The highest BCUT2D eigenvalue weighted by Crippen LogP contribution is 2.70. The third kappa shape index (κ3) is 3.85. The van der Waals surface area contributed by atoms with Crippen LogP contribution in [-0.2, 0) is 10.8 Å². The van der Waals surface area contributed by atoms with Crippen LogP contribution in [0.1, 0.15) is 99.3 Å². The predicted molar refractivity (Wildman–Crippen MR) is 217 cm³/mol. The van der Waals surface area contributed by atoms with E-state index in [2.05, 4.69) is 120 Å². The number of hydrogen-bond acceptors (Lipinski definition) is 1. The Bertz CT molecular complexity index is 2280. The third-order valence-electron chi connectivity index (χ3n) is 17.2. The van der Waals surface area contributed by atoms with Crippen molar-refractivity contribution in [2.75, 3.05) is 4.90 Å². The Morgan fingerprint density at radius 1 is 0.340 bits per heavy atom. The van der Waals surface area contributed by atoms with Gasteiger partial charge in [-0.05, 0) is 192 Å². The topological polar surface area (TPSA) is 3.24 Å².